The zero-order valence-corrected chi connectivity index (χ0v) is 35.1. The summed E-state index contributed by atoms with van der Waals surface area (Å²) >= 11 is 0. The molecule has 0 fully saturated rings. The highest BCUT2D eigenvalue weighted by Crippen LogP contribution is 2.16. The number of esters is 3. The largest absolute Gasteiger partial charge is 0.462 e. The molecule has 0 saturated heterocycles. The third-order valence-corrected chi connectivity index (χ3v) is 10.4. The fourth-order valence-electron chi connectivity index (χ4n) is 6.85. The second kappa shape index (κ2) is 42.2. The van der Waals surface area contributed by atoms with Crippen LogP contribution in [-0.4, -0.2) is 37.2 Å². The van der Waals surface area contributed by atoms with Crippen LogP contribution in [0.3, 0.4) is 0 Å². The van der Waals surface area contributed by atoms with Crippen LogP contribution in [0.2, 0.25) is 0 Å². The highest BCUT2D eigenvalue weighted by atomic mass is 16.6. The first-order chi connectivity index (χ1) is 25.5. The molecule has 0 aromatic carbocycles. The van der Waals surface area contributed by atoms with E-state index in [0.29, 0.717) is 19.3 Å². The zero-order chi connectivity index (χ0) is 38.0. The normalized spacial score (nSPS) is 11.8. The SMILES string of the molecule is CCCCCCCCCCCCCCCCC(=O)OC[C@@H](COC(=O)CCCCCCCCCCCC)OC(=O)CCCCCCCCCCCC. The molecule has 0 unspecified atom stereocenters. The summed E-state index contributed by atoms with van der Waals surface area (Å²) in [5.74, 6) is -0.853. The van der Waals surface area contributed by atoms with Crippen molar-refractivity contribution in [2.75, 3.05) is 13.2 Å². The first kappa shape index (κ1) is 50.4. The Morgan fingerprint density at radius 3 is 0.769 bits per heavy atom. The second-order valence-corrected chi connectivity index (χ2v) is 15.7. The van der Waals surface area contributed by atoms with Crippen molar-refractivity contribution in [2.45, 2.75) is 264 Å². The Balaban J connectivity index is 4.29. The van der Waals surface area contributed by atoms with E-state index >= 15 is 0 Å². The van der Waals surface area contributed by atoms with Crippen LogP contribution in [0.25, 0.3) is 0 Å². The van der Waals surface area contributed by atoms with Gasteiger partial charge in [-0.15, -0.1) is 0 Å². The lowest BCUT2D eigenvalue weighted by molar-refractivity contribution is -0.167. The fraction of sp³-hybridized carbons (Fsp3) is 0.935. The van der Waals surface area contributed by atoms with Gasteiger partial charge < -0.3 is 14.2 Å². The monoisotopic (exact) mass is 737 g/mol. The van der Waals surface area contributed by atoms with Gasteiger partial charge in [0.2, 0.25) is 0 Å². The molecule has 0 aliphatic heterocycles. The Hall–Kier alpha value is -1.59. The summed E-state index contributed by atoms with van der Waals surface area (Å²) in [7, 11) is 0. The van der Waals surface area contributed by atoms with Crippen LogP contribution in [0.1, 0.15) is 258 Å². The predicted octanol–water partition coefficient (Wildman–Crippen LogP) is 14.5. The van der Waals surface area contributed by atoms with Crippen molar-refractivity contribution in [3.05, 3.63) is 0 Å². The third kappa shape index (κ3) is 39.6. The molecule has 0 amide bonds. The van der Waals surface area contributed by atoms with Gasteiger partial charge in [0.05, 0.1) is 0 Å². The van der Waals surface area contributed by atoms with Crippen LogP contribution in [-0.2, 0) is 28.6 Å². The summed E-state index contributed by atoms with van der Waals surface area (Å²) in [6.45, 7) is 6.63. The van der Waals surface area contributed by atoms with Crippen LogP contribution in [0.15, 0.2) is 0 Å². The molecule has 0 radical (unpaired) electrons. The number of carbonyl (C=O) groups is 3. The minimum absolute atomic E-state index is 0.0628. The Kier molecular flexibility index (Phi) is 40.9. The Morgan fingerprint density at radius 1 is 0.308 bits per heavy atom. The summed E-state index contributed by atoms with van der Waals surface area (Å²) in [6, 6.07) is 0. The van der Waals surface area contributed by atoms with E-state index in [9.17, 15) is 14.4 Å². The lowest BCUT2D eigenvalue weighted by Crippen LogP contribution is -2.30. The lowest BCUT2D eigenvalue weighted by atomic mass is 10.0. The van der Waals surface area contributed by atoms with Gasteiger partial charge in [-0.1, -0.05) is 220 Å². The Labute approximate surface area is 323 Å². The van der Waals surface area contributed by atoms with Crippen molar-refractivity contribution in [1.29, 1.82) is 0 Å². The van der Waals surface area contributed by atoms with E-state index in [1.54, 1.807) is 0 Å². The summed E-state index contributed by atoms with van der Waals surface area (Å²) in [5, 5.41) is 0. The molecule has 0 bridgehead atoms. The van der Waals surface area contributed by atoms with Gasteiger partial charge in [0.1, 0.15) is 13.2 Å². The summed E-state index contributed by atoms with van der Waals surface area (Å²) in [4.78, 5) is 37.6. The molecule has 0 aromatic heterocycles. The number of carbonyl (C=O) groups excluding carboxylic acids is 3. The molecule has 0 saturated carbocycles. The first-order valence-electron chi connectivity index (χ1n) is 23.0. The van der Waals surface area contributed by atoms with Gasteiger partial charge in [0.25, 0.3) is 0 Å². The summed E-state index contributed by atoms with van der Waals surface area (Å²) in [6.07, 6.45) is 42.2. The van der Waals surface area contributed by atoms with Crippen molar-refractivity contribution in [3.8, 4) is 0 Å². The number of hydrogen-bond acceptors (Lipinski definition) is 6. The number of hydrogen-bond donors (Lipinski definition) is 0. The van der Waals surface area contributed by atoms with Crippen LogP contribution < -0.4 is 0 Å². The number of unbranched alkanes of at least 4 members (excludes halogenated alkanes) is 31. The maximum atomic E-state index is 12.7. The van der Waals surface area contributed by atoms with Crippen molar-refractivity contribution in [1.82, 2.24) is 0 Å². The molecule has 0 aliphatic carbocycles. The average Bonchev–Trinajstić information content (AvgIpc) is 3.14. The molecule has 0 rings (SSSR count). The van der Waals surface area contributed by atoms with E-state index in [2.05, 4.69) is 20.8 Å². The highest BCUT2D eigenvalue weighted by molar-refractivity contribution is 5.71. The van der Waals surface area contributed by atoms with Gasteiger partial charge in [-0.25, -0.2) is 0 Å². The molecule has 0 N–H and O–H groups in total. The van der Waals surface area contributed by atoms with E-state index in [4.69, 9.17) is 14.2 Å². The van der Waals surface area contributed by atoms with Gasteiger partial charge in [-0.3, -0.25) is 14.4 Å². The lowest BCUT2D eigenvalue weighted by Gasteiger charge is -2.18. The third-order valence-electron chi connectivity index (χ3n) is 10.4. The van der Waals surface area contributed by atoms with E-state index in [1.165, 1.54) is 161 Å². The molecule has 1 atom stereocenters. The summed E-state index contributed by atoms with van der Waals surface area (Å²) < 4.78 is 16.7. The predicted molar refractivity (Wildman–Crippen MR) is 220 cm³/mol. The standard InChI is InChI=1S/C46H88O6/c1-4-7-10-13-16-19-22-23-24-25-28-30-33-36-39-45(48)51-42-43(52-46(49)40-37-34-31-27-21-18-15-12-9-6-3)41-50-44(47)38-35-32-29-26-20-17-14-11-8-5-2/h43H,4-42H2,1-3H3/t43-/m1/s1. The highest BCUT2D eigenvalue weighted by Gasteiger charge is 2.19. The molecule has 308 valence electrons. The van der Waals surface area contributed by atoms with Gasteiger partial charge in [0, 0.05) is 19.3 Å². The molecule has 0 aromatic rings. The van der Waals surface area contributed by atoms with Crippen LogP contribution in [0.5, 0.6) is 0 Å². The molecule has 0 spiro atoms. The molecule has 6 nitrogen and oxygen atoms in total. The minimum Gasteiger partial charge on any atom is -0.462 e. The summed E-state index contributed by atoms with van der Waals surface area (Å²) in [5.41, 5.74) is 0. The minimum atomic E-state index is -0.757. The van der Waals surface area contributed by atoms with E-state index in [0.717, 1.165) is 57.8 Å². The number of ether oxygens (including phenoxy) is 3. The maximum absolute atomic E-state index is 12.7. The average molecular weight is 737 g/mol. The van der Waals surface area contributed by atoms with Crippen molar-refractivity contribution < 1.29 is 28.6 Å². The van der Waals surface area contributed by atoms with Crippen LogP contribution in [0, 0.1) is 0 Å². The maximum Gasteiger partial charge on any atom is 0.306 e. The van der Waals surface area contributed by atoms with Crippen molar-refractivity contribution >= 4 is 17.9 Å². The molecule has 52 heavy (non-hydrogen) atoms. The molecular weight excluding hydrogens is 648 g/mol. The first-order valence-corrected chi connectivity index (χ1v) is 23.0. The van der Waals surface area contributed by atoms with Crippen LogP contribution >= 0.6 is 0 Å². The van der Waals surface area contributed by atoms with E-state index in [-0.39, 0.29) is 31.1 Å². The van der Waals surface area contributed by atoms with E-state index in [1.807, 2.05) is 0 Å². The Morgan fingerprint density at radius 2 is 0.519 bits per heavy atom. The Bertz CT molecular complexity index is 768. The zero-order valence-electron chi connectivity index (χ0n) is 35.1. The van der Waals surface area contributed by atoms with E-state index < -0.39 is 6.10 Å². The molecule has 0 aliphatic rings. The van der Waals surface area contributed by atoms with Gasteiger partial charge >= 0.3 is 17.9 Å². The molecule has 0 heterocycles. The van der Waals surface area contributed by atoms with Gasteiger partial charge in [-0.05, 0) is 19.3 Å². The molecular formula is C46H88O6. The van der Waals surface area contributed by atoms with Crippen molar-refractivity contribution in [2.24, 2.45) is 0 Å². The fourth-order valence-corrected chi connectivity index (χ4v) is 6.85. The molecule has 6 heteroatoms. The smallest absolute Gasteiger partial charge is 0.306 e. The quantitative estimate of drug-likeness (QED) is 0.0353. The number of rotatable bonds is 42. The van der Waals surface area contributed by atoms with Gasteiger partial charge in [0.15, 0.2) is 6.10 Å². The van der Waals surface area contributed by atoms with Gasteiger partial charge in [-0.2, -0.15) is 0 Å². The van der Waals surface area contributed by atoms with Crippen LogP contribution in [0.4, 0.5) is 0 Å². The second-order valence-electron chi connectivity index (χ2n) is 15.7. The van der Waals surface area contributed by atoms with Crippen molar-refractivity contribution in [3.63, 3.8) is 0 Å². The topological polar surface area (TPSA) is 78.9 Å².